The van der Waals surface area contributed by atoms with Crippen LogP contribution in [-0.2, 0) is 14.3 Å². The topological polar surface area (TPSA) is 83.8 Å². The summed E-state index contributed by atoms with van der Waals surface area (Å²) < 4.78 is 5.80. The van der Waals surface area contributed by atoms with Gasteiger partial charge in [0.05, 0.1) is 12.2 Å². The van der Waals surface area contributed by atoms with Gasteiger partial charge in [-0.2, -0.15) is 0 Å². The molecule has 2 N–H and O–H groups in total. The Morgan fingerprint density at radius 1 is 1.03 bits per heavy atom. The van der Waals surface area contributed by atoms with Crippen LogP contribution >= 0.6 is 0 Å². The summed E-state index contributed by atoms with van der Waals surface area (Å²) in [6.07, 6.45) is 2.72. The summed E-state index contributed by atoms with van der Waals surface area (Å²) >= 11 is 0. The second-order valence-electron chi connectivity index (χ2n) is 11.7. The number of hydrogen-bond donors (Lipinski definition) is 2. The van der Waals surface area contributed by atoms with E-state index in [1.54, 1.807) is 0 Å². The SMILES string of the molecule is CC(=O)OC1CC2C3(C)CCC(=O)C(C)(C)C3CCC2(C)C2(C)C(O)CC(O)C12. The van der Waals surface area contributed by atoms with Gasteiger partial charge in [-0.25, -0.2) is 0 Å². The predicted octanol–water partition coefficient (Wildman–Crippen LogP) is 3.50. The van der Waals surface area contributed by atoms with E-state index < -0.39 is 17.6 Å². The summed E-state index contributed by atoms with van der Waals surface area (Å²) in [6, 6.07) is 0. The second kappa shape index (κ2) is 6.29. The van der Waals surface area contributed by atoms with Crippen molar-refractivity contribution in [2.45, 2.75) is 98.4 Å². The standard InChI is InChI=1S/C24H38O5/c1-13(25)29-15-12-17-22(4)9-8-18(27)21(2,3)16(22)7-10-23(17,5)24(6)19(28)11-14(26)20(15)24/h14-17,19-20,26,28H,7-12H2,1-6H3. The van der Waals surface area contributed by atoms with Crippen molar-refractivity contribution >= 4 is 11.8 Å². The van der Waals surface area contributed by atoms with E-state index in [1.807, 2.05) is 0 Å². The number of aliphatic hydroxyl groups excluding tert-OH is 2. The molecule has 164 valence electrons. The van der Waals surface area contributed by atoms with Crippen molar-refractivity contribution in [3.05, 3.63) is 0 Å². The van der Waals surface area contributed by atoms with Gasteiger partial charge in [0.25, 0.3) is 0 Å². The molecule has 0 aromatic carbocycles. The maximum absolute atomic E-state index is 12.8. The van der Waals surface area contributed by atoms with Crippen LogP contribution in [-0.4, -0.2) is 40.3 Å². The number of rotatable bonds is 1. The lowest BCUT2D eigenvalue weighted by atomic mass is 9.35. The molecule has 0 aromatic heterocycles. The van der Waals surface area contributed by atoms with Crippen LogP contribution in [0, 0.1) is 39.4 Å². The van der Waals surface area contributed by atoms with E-state index in [4.69, 9.17) is 4.74 Å². The zero-order valence-electron chi connectivity index (χ0n) is 18.8. The van der Waals surface area contributed by atoms with Crippen molar-refractivity contribution in [1.82, 2.24) is 0 Å². The Labute approximate surface area is 174 Å². The molecule has 0 spiro atoms. The fraction of sp³-hybridized carbons (Fsp3) is 0.917. The monoisotopic (exact) mass is 406 g/mol. The number of ether oxygens (including phenoxy) is 1. The van der Waals surface area contributed by atoms with Gasteiger partial charge in [0, 0.05) is 36.5 Å². The molecular formula is C24H38O5. The third kappa shape index (κ3) is 2.52. The lowest BCUT2D eigenvalue weighted by Gasteiger charge is -2.69. The van der Waals surface area contributed by atoms with Gasteiger partial charge in [-0.1, -0.05) is 34.6 Å². The van der Waals surface area contributed by atoms with Crippen molar-refractivity contribution in [3.63, 3.8) is 0 Å². The summed E-state index contributed by atoms with van der Waals surface area (Å²) in [4.78, 5) is 24.7. The molecule has 5 heteroatoms. The molecule has 0 aliphatic heterocycles. The van der Waals surface area contributed by atoms with E-state index >= 15 is 0 Å². The number of Topliss-reactive ketones (excluding diaryl/α,β-unsaturated/α-hetero) is 1. The van der Waals surface area contributed by atoms with Gasteiger partial charge < -0.3 is 14.9 Å². The van der Waals surface area contributed by atoms with E-state index in [2.05, 4.69) is 34.6 Å². The van der Waals surface area contributed by atoms with Crippen LogP contribution < -0.4 is 0 Å². The molecule has 4 rings (SSSR count). The van der Waals surface area contributed by atoms with Gasteiger partial charge >= 0.3 is 5.97 Å². The first-order chi connectivity index (χ1) is 13.3. The van der Waals surface area contributed by atoms with Crippen molar-refractivity contribution in [2.75, 3.05) is 0 Å². The Morgan fingerprint density at radius 2 is 1.69 bits per heavy atom. The summed E-state index contributed by atoms with van der Waals surface area (Å²) in [5.74, 6) is 0.297. The minimum absolute atomic E-state index is 0.0515. The summed E-state index contributed by atoms with van der Waals surface area (Å²) in [5.41, 5.74) is -1.09. The van der Waals surface area contributed by atoms with Crippen molar-refractivity contribution in [1.29, 1.82) is 0 Å². The van der Waals surface area contributed by atoms with Crippen LogP contribution in [0.3, 0.4) is 0 Å². The van der Waals surface area contributed by atoms with E-state index in [0.717, 1.165) is 19.3 Å². The predicted molar refractivity (Wildman–Crippen MR) is 109 cm³/mol. The van der Waals surface area contributed by atoms with Crippen LogP contribution in [0.4, 0.5) is 0 Å². The Bertz CT molecular complexity index is 731. The maximum atomic E-state index is 12.8. The van der Waals surface area contributed by atoms with E-state index in [-0.39, 0.29) is 46.1 Å². The average Bonchev–Trinajstić information content (AvgIpc) is 2.84. The summed E-state index contributed by atoms with van der Waals surface area (Å²) in [7, 11) is 0. The van der Waals surface area contributed by atoms with Gasteiger partial charge in [-0.05, 0) is 48.3 Å². The molecule has 4 saturated carbocycles. The highest BCUT2D eigenvalue weighted by Gasteiger charge is 2.73. The molecule has 0 amide bonds. The molecule has 29 heavy (non-hydrogen) atoms. The first-order valence-electron chi connectivity index (χ1n) is 11.4. The Balaban J connectivity index is 1.83. The molecule has 4 aliphatic rings. The Hall–Kier alpha value is -0.940. The number of esters is 1. The van der Waals surface area contributed by atoms with Crippen LogP contribution in [0.1, 0.15) is 80.1 Å². The number of carbonyl (C=O) groups excluding carboxylic acids is 2. The van der Waals surface area contributed by atoms with Gasteiger partial charge in [-0.15, -0.1) is 0 Å². The molecule has 0 heterocycles. The number of aliphatic hydroxyl groups is 2. The highest BCUT2D eigenvalue weighted by Crippen LogP contribution is 2.74. The smallest absolute Gasteiger partial charge is 0.302 e. The molecule has 4 aliphatic carbocycles. The molecule has 0 saturated heterocycles. The van der Waals surface area contributed by atoms with Crippen molar-refractivity contribution in [2.24, 2.45) is 39.4 Å². The van der Waals surface area contributed by atoms with Gasteiger partial charge in [0.2, 0.25) is 0 Å². The number of ketones is 1. The first-order valence-corrected chi connectivity index (χ1v) is 11.4. The van der Waals surface area contributed by atoms with Crippen LogP contribution in [0.2, 0.25) is 0 Å². The van der Waals surface area contributed by atoms with Crippen LogP contribution in [0.25, 0.3) is 0 Å². The summed E-state index contributed by atoms with van der Waals surface area (Å²) in [5, 5.41) is 22.0. The Morgan fingerprint density at radius 3 is 2.31 bits per heavy atom. The molecule has 0 radical (unpaired) electrons. The lowest BCUT2D eigenvalue weighted by Crippen LogP contribution is -2.67. The minimum atomic E-state index is -0.660. The fourth-order valence-corrected chi connectivity index (χ4v) is 8.88. The lowest BCUT2D eigenvalue weighted by molar-refractivity contribution is -0.249. The van der Waals surface area contributed by atoms with Crippen molar-refractivity contribution < 1.29 is 24.5 Å². The molecular weight excluding hydrogens is 368 g/mol. The summed E-state index contributed by atoms with van der Waals surface area (Å²) in [6.45, 7) is 12.4. The van der Waals surface area contributed by atoms with E-state index in [9.17, 15) is 19.8 Å². The van der Waals surface area contributed by atoms with E-state index in [0.29, 0.717) is 25.0 Å². The zero-order chi connectivity index (χ0) is 21.6. The largest absolute Gasteiger partial charge is 0.462 e. The quantitative estimate of drug-likeness (QED) is 0.651. The Kier molecular flexibility index (Phi) is 4.62. The molecule has 0 aromatic rings. The highest BCUT2D eigenvalue weighted by molar-refractivity contribution is 5.85. The third-order valence-electron chi connectivity index (χ3n) is 10.5. The van der Waals surface area contributed by atoms with E-state index in [1.165, 1.54) is 6.92 Å². The number of fused-ring (bicyclic) bond motifs is 5. The maximum Gasteiger partial charge on any atom is 0.302 e. The average molecular weight is 407 g/mol. The van der Waals surface area contributed by atoms with Gasteiger partial charge in [0.1, 0.15) is 11.9 Å². The van der Waals surface area contributed by atoms with Gasteiger partial charge in [0.15, 0.2) is 0 Å². The number of hydrogen-bond acceptors (Lipinski definition) is 5. The van der Waals surface area contributed by atoms with Crippen LogP contribution in [0.5, 0.6) is 0 Å². The molecule has 0 bridgehead atoms. The van der Waals surface area contributed by atoms with Gasteiger partial charge in [-0.3, -0.25) is 9.59 Å². The molecule has 4 fully saturated rings. The molecule has 5 nitrogen and oxygen atoms in total. The molecule has 9 atom stereocenters. The molecule has 9 unspecified atom stereocenters. The second-order valence-corrected chi connectivity index (χ2v) is 11.7. The zero-order valence-corrected chi connectivity index (χ0v) is 18.8. The first kappa shape index (κ1) is 21.3. The third-order valence-corrected chi connectivity index (χ3v) is 10.5. The minimum Gasteiger partial charge on any atom is -0.462 e. The normalized spacial score (nSPS) is 53.6. The number of carbonyl (C=O) groups is 2. The van der Waals surface area contributed by atoms with Crippen molar-refractivity contribution in [3.8, 4) is 0 Å². The highest BCUT2D eigenvalue weighted by atomic mass is 16.5. The van der Waals surface area contributed by atoms with Crippen LogP contribution in [0.15, 0.2) is 0 Å². The fourth-order valence-electron chi connectivity index (χ4n) is 8.88.